The standard InChI is InChI=1S/C23H25N3O4S/c1-16-3-6-18(7-4-16)25-11-9-24(10-12-25)15-26-22(28)21(31-23(26)29)14-17-5-8-19(27)20(13-17)30-2/h3-8,13-14,27H,9-12,15H2,1-2H3/b21-14+. The zero-order chi connectivity index (χ0) is 22.0. The lowest BCUT2D eigenvalue weighted by Crippen LogP contribution is -2.50. The molecule has 31 heavy (non-hydrogen) atoms. The van der Waals surface area contributed by atoms with Crippen molar-refractivity contribution in [1.29, 1.82) is 0 Å². The highest BCUT2D eigenvalue weighted by molar-refractivity contribution is 8.18. The Morgan fingerprint density at radius 1 is 1.06 bits per heavy atom. The van der Waals surface area contributed by atoms with Crippen molar-refractivity contribution in [3.8, 4) is 11.5 Å². The number of phenols is 1. The molecule has 2 fully saturated rings. The SMILES string of the molecule is COc1cc(/C=C2/SC(=O)N(CN3CCN(c4ccc(C)cc4)CC3)C2=O)ccc1O. The second-order valence-corrected chi connectivity index (χ2v) is 8.62. The Morgan fingerprint density at radius 2 is 1.77 bits per heavy atom. The number of rotatable bonds is 5. The minimum Gasteiger partial charge on any atom is -0.504 e. The molecule has 162 valence electrons. The maximum absolute atomic E-state index is 12.8. The van der Waals surface area contributed by atoms with Crippen LogP contribution in [0.15, 0.2) is 47.4 Å². The molecule has 0 aromatic heterocycles. The number of phenolic OH excluding ortho intramolecular Hbond substituents is 1. The number of imide groups is 1. The number of hydrogen-bond acceptors (Lipinski definition) is 7. The van der Waals surface area contributed by atoms with Gasteiger partial charge in [-0.1, -0.05) is 23.8 Å². The molecule has 2 aliphatic rings. The number of hydrogen-bond donors (Lipinski definition) is 1. The van der Waals surface area contributed by atoms with Gasteiger partial charge in [0.15, 0.2) is 11.5 Å². The normalized spacial score (nSPS) is 18.8. The highest BCUT2D eigenvalue weighted by Gasteiger charge is 2.36. The highest BCUT2D eigenvalue weighted by Crippen LogP contribution is 2.34. The molecule has 4 rings (SSSR count). The fourth-order valence-corrected chi connectivity index (χ4v) is 4.49. The number of carbonyl (C=O) groups excluding carboxylic acids is 2. The molecule has 0 unspecified atom stereocenters. The quantitative estimate of drug-likeness (QED) is 0.715. The zero-order valence-corrected chi connectivity index (χ0v) is 18.4. The van der Waals surface area contributed by atoms with E-state index < -0.39 is 0 Å². The Balaban J connectivity index is 1.38. The van der Waals surface area contributed by atoms with Gasteiger partial charge >= 0.3 is 0 Å². The van der Waals surface area contributed by atoms with E-state index in [4.69, 9.17) is 4.74 Å². The highest BCUT2D eigenvalue weighted by atomic mass is 32.2. The van der Waals surface area contributed by atoms with E-state index in [1.54, 1.807) is 18.2 Å². The Labute approximate surface area is 185 Å². The maximum atomic E-state index is 12.8. The van der Waals surface area contributed by atoms with E-state index >= 15 is 0 Å². The summed E-state index contributed by atoms with van der Waals surface area (Å²) in [5.41, 5.74) is 3.12. The summed E-state index contributed by atoms with van der Waals surface area (Å²) in [6.07, 6.45) is 1.65. The topological polar surface area (TPSA) is 73.3 Å². The van der Waals surface area contributed by atoms with Crippen LogP contribution >= 0.6 is 11.8 Å². The number of thioether (sulfide) groups is 1. The van der Waals surface area contributed by atoms with Crippen LogP contribution in [0.5, 0.6) is 11.5 Å². The molecule has 2 aromatic carbocycles. The Morgan fingerprint density at radius 3 is 2.45 bits per heavy atom. The molecule has 2 aromatic rings. The molecular formula is C23H25N3O4S. The third-order valence-corrected chi connectivity index (χ3v) is 6.40. The maximum Gasteiger partial charge on any atom is 0.294 e. The lowest BCUT2D eigenvalue weighted by Gasteiger charge is -2.37. The Kier molecular flexibility index (Phi) is 6.20. The smallest absolute Gasteiger partial charge is 0.294 e. The summed E-state index contributed by atoms with van der Waals surface area (Å²) < 4.78 is 5.11. The van der Waals surface area contributed by atoms with Crippen molar-refractivity contribution in [2.75, 3.05) is 44.9 Å². The van der Waals surface area contributed by atoms with Crippen LogP contribution in [-0.4, -0.2) is 66.0 Å². The summed E-state index contributed by atoms with van der Waals surface area (Å²) >= 11 is 0.940. The number of aryl methyl sites for hydroxylation is 1. The fourth-order valence-electron chi connectivity index (χ4n) is 3.66. The van der Waals surface area contributed by atoms with E-state index in [9.17, 15) is 14.7 Å². The first kappa shape index (κ1) is 21.3. The van der Waals surface area contributed by atoms with Gasteiger partial charge in [-0.2, -0.15) is 0 Å². The molecule has 2 heterocycles. The van der Waals surface area contributed by atoms with Gasteiger partial charge in [-0.05, 0) is 54.6 Å². The van der Waals surface area contributed by atoms with Crippen molar-refractivity contribution in [3.63, 3.8) is 0 Å². The van der Waals surface area contributed by atoms with E-state index in [1.807, 2.05) is 0 Å². The third kappa shape index (κ3) is 4.70. The van der Waals surface area contributed by atoms with Crippen LogP contribution in [0.2, 0.25) is 0 Å². The first-order valence-electron chi connectivity index (χ1n) is 10.1. The lowest BCUT2D eigenvalue weighted by atomic mass is 10.2. The number of nitrogens with zero attached hydrogens (tertiary/aromatic N) is 3. The summed E-state index contributed by atoms with van der Waals surface area (Å²) in [7, 11) is 1.46. The minimum atomic E-state index is -0.289. The van der Waals surface area contributed by atoms with E-state index in [1.165, 1.54) is 29.3 Å². The number of benzene rings is 2. The molecule has 0 saturated carbocycles. The molecule has 2 saturated heterocycles. The first-order valence-corrected chi connectivity index (χ1v) is 10.9. The van der Waals surface area contributed by atoms with E-state index in [0.717, 1.165) is 37.9 Å². The lowest BCUT2D eigenvalue weighted by molar-refractivity contribution is -0.124. The Hall–Kier alpha value is -2.97. The van der Waals surface area contributed by atoms with Crippen molar-refractivity contribution >= 4 is 34.7 Å². The zero-order valence-electron chi connectivity index (χ0n) is 17.6. The van der Waals surface area contributed by atoms with Crippen LogP contribution < -0.4 is 9.64 Å². The summed E-state index contributed by atoms with van der Waals surface area (Å²) in [5.74, 6) is 0.0555. The molecule has 8 heteroatoms. The average molecular weight is 440 g/mol. The van der Waals surface area contributed by atoms with Crippen LogP contribution in [0.1, 0.15) is 11.1 Å². The average Bonchev–Trinajstić information content (AvgIpc) is 3.03. The molecule has 2 aliphatic heterocycles. The van der Waals surface area contributed by atoms with Gasteiger partial charge in [-0.15, -0.1) is 0 Å². The van der Waals surface area contributed by atoms with Crippen molar-refractivity contribution < 1.29 is 19.4 Å². The van der Waals surface area contributed by atoms with Gasteiger partial charge in [0, 0.05) is 31.9 Å². The summed E-state index contributed by atoms with van der Waals surface area (Å²) in [6.45, 7) is 5.63. The molecule has 0 bridgehead atoms. The van der Waals surface area contributed by atoms with Crippen LogP contribution in [0.25, 0.3) is 6.08 Å². The fraction of sp³-hybridized carbons (Fsp3) is 0.304. The van der Waals surface area contributed by atoms with Gasteiger partial charge in [0.05, 0.1) is 18.7 Å². The molecular weight excluding hydrogens is 414 g/mol. The van der Waals surface area contributed by atoms with Gasteiger partial charge in [-0.3, -0.25) is 19.4 Å². The number of ether oxygens (including phenoxy) is 1. The minimum absolute atomic E-state index is 0.0255. The van der Waals surface area contributed by atoms with Gasteiger partial charge in [0.1, 0.15) is 0 Å². The van der Waals surface area contributed by atoms with Gasteiger partial charge in [0.25, 0.3) is 11.1 Å². The van der Waals surface area contributed by atoms with Gasteiger partial charge < -0.3 is 14.7 Å². The monoisotopic (exact) mass is 439 g/mol. The van der Waals surface area contributed by atoms with Gasteiger partial charge in [0.2, 0.25) is 0 Å². The predicted molar refractivity (Wildman–Crippen MR) is 122 cm³/mol. The van der Waals surface area contributed by atoms with Crippen molar-refractivity contribution in [1.82, 2.24) is 9.80 Å². The summed E-state index contributed by atoms with van der Waals surface area (Å²) in [4.78, 5) is 31.4. The number of carbonyl (C=O) groups is 2. The molecule has 0 radical (unpaired) electrons. The van der Waals surface area contributed by atoms with Crippen molar-refractivity contribution in [3.05, 3.63) is 58.5 Å². The van der Waals surface area contributed by atoms with Crippen LogP contribution in [0.4, 0.5) is 10.5 Å². The number of methoxy groups -OCH3 is 1. The van der Waals surface area contributed by atoms with E-state index in [-0.39, 0.29) is 16.9 Å². The molecule has 7 nitrogen and oxygen atoms in total. The van der Waals surface area contributed by atoms with E-state index in [2.05, 4.69) is 41.0 Å². The van der Waals surface area contributed by atoms with Gasteiger partial charge in [-0.25, -0.2) is 0 Å². The molecule has 0 aliphatic carbocycles. The van der Waals surface area contributed by atoms with Crippen molar-refractivity contribution in [2.24, 2.45) is 0 Å². The molecule has 0 spiro atoms. The second kappa shape index (κ2) is 9.03. The largest absolute Gasteiger partial charge is 0.504 e. The number of amides is 2. The van der Waals surface area contributed by atoms with Crippen LogP contribution in [0, 0.1) is 6.92 Å². The Bertz CT molecular complexity index is 1010. The first-order chi connectivity index (χ1) is 14.9. The van der Waals surface area contributed by atoms with Crippen LogP contribution in [0.3, 0.4) is 0 Å². The number of piperazine rings is 1. The summed E-state index contributed by atoms with van der Waals surface area (Å²) in [5, 5.41) is 9.47. The third-order valence-electron chi connectivity index (χ3n) is 5.49. The van der Waals surface area contributed by atoms with E-state index in [0.29, 0.717) is 22.9 Å². The predicted octanol–water partition coefficient (Wildman–Crippen LogP) is 3.53. The number of aromatic hydroxyl groups is 1. The number of anilines is 1. The molecule has 1 N–H and O–H groups in total. The molecule has 0 atom stereocenters. The summed E-state index contributed by atoms with van der Waals surface area (Å²) in [6, 6.07) is 13.3. The molecule has 2 amide bonds. The van der Waals surface area contributed by atoms with Crippen molar-refractivity contribution in [2.45, 2.75) is 6.92 Å². The second-order valence-electron chi connectivity index (χ2n) is 7.62. The van der Waals surface area contributed by atoms with Crippen LogP contribution in [-0.2, 0) is 4.79 Å².